The Labute approximate surface area is 189 Å². The Hall–Kier alpha value is -1.03. The minimum absolute atomic E-state index is 0.152. The number of hydrogen-bond acceptors (Lipinski definition) is 4. The molecule has 1 aliphatic carbocycles. The predicted octanol–water partition coefficient (Wildman–Crippen LogP) is 4.97. The highest BCUT2D eigenvalue weighted by atomic mass is 35.5. The lowest BCUT2D eigenvalue weighted by atomic mass is 9.78. The van der Waals surface area contributed by atoms with Gasteiger partial charge < -0.3 is 5.32 Å². The van der Waals surface area contributed by atoms with Crippen LogP contribution < -0.4 is 5.32 Å². The van der Waals surface area contributed by atoms with E-state index in [0.29, 0.717) is 0 Å². The number of nitrogens with one attached hydrogen (secondary N) is 1. The summed E-state index contributed by atoms with van der Waals surface area (Å²) < 4.78 is 57.0. The van der Waals surface area contributed by atoms with Crippen LogP contribution in [0.15, 0.2) is 12.1 Å². The molecule has 1 aromatic carbocycles. The molecule has 0 radical (unpaired) electrons. The Morgan fingerprint density at radius 2 is 1.71 bits per heavy atom. The highest BCUT2D eigenvalue weighted by Crippen LogP contribution is 2.42. The van der Waals surface area contributed by atoms with E-state index < -0.39 is 29.0 Å². The fourth-order valence-corrected chi connectivity index (χ4v) is 5.33. The Bertz CT molecular complexity index is 780. The number of piperazine rings is 1. The zero-order chi connectivity index (χ0) is 22.6. The van der Waals surface area contributed by atoms with Crippen LogP contribution in [0.5, 0.6) is 0 Å². The van der Waals surface area contributed by atoms with Gasteiger partial charge in [-0.1, -0.05) is 30.5 Å². The fourth-order valence-electron chi connectivity index (χ4n) is 4.23. The van der Waals surface area contributed by atoms with Gasteiger partial charge in [0.05, 0.1) is 10.6 Å². The van der Waals surface area contributed by atoms with Crippen molar-refractivity contribution in [2.24, 2.45) is 0 Å². The van der Waals surface area contributed by atoms with Gasteiger partial charge in [0.2, 0.25) is 5.92 Å². The van der Waals surface area contributed by atoms with Gasteiger partial charge in [0.15, 0.2) is 11.6 Å². The van der Waals surface area contributed by atoms with E-state index in [0.717, 1.165) is 50.5 Å². The third kappa shape index (κ3) is 6.06. The van der Waals surface area contributed by atoms with E-state index in [9.17, 15) is 22.4 Å². The first-order valence-electron chi connectivity index (χ1n) is 10.6. The predicted molar refractivity (Wildman–Crippen MR) is 116 cm³/mol. The average Bonchev–Trinajstić information content (AvgIpc) is 2.74. The topological polar surface area (TPSA) is 35.6 Å². The van der Waals surface area contributed by atoms with Crippen molar-refractivity contribution in [2.45, 2.75) is 50.5 Å². The van der Waals surface area contributed by atoms with Crippen molar-refractivity contribution in [3.05, 3.63) is 34.4 Å². The molecule has 174 valence electrons. The maximum absolute atomic E-state index is 13.9. The molecule has 10 heteroatoms. The molecule has 31 heavy (non-hydrogen) atoms. The molecule has 1 amide bonds. The van der Waals surface area contributed by atoms with Gasteiger partial charge in [-0.05, 0) is 31.4 Å². The third-order valence-electron chi connectivity index (χ3n) is 6.13. The Balaban J connectivity index is 1.70. The zero-order valence-corrected chi connectivity index (χ0v) is 19.1. The van der Waals surface area contributed by atoms with Gasteiger partial charge in [-0.15, -0.1) is 0 Å². The lowest BCUT2D eigenvalue weighted by Gasteiger charge is -2.50. The monoisotopic (exact) mass is 481 g/mol. The van der Waals surface area contributed by atoms with Crippen LogP contribution in [0.1, 0.15) is 49.4 Å². The number of benzene rings is 1. The molecule has 0 aromatic heterocycles. The average molecular weight is 482 g/mol. The largest absolute Gasteiger partial charge is 0.350 e. The summed E-state index contributed by atoms with van der Waals surface area (Å²) in [6, 6.07) is 1.52. The molecule has 2 aliphatic rings. The van der Waals surface area contributed by atoms with Crippen LogP contribution in [-0.4, -0.2) is 65.1 Å². The summed E-state index contributed by atoms with van der Waals surface area (Å²) in [5.41, 5.74) is -0.762. The van der Waals surface area contributed by atoms with Gasteiger partial charge in [-0.25, -0.2) is 21.9 Å². The molecule has 1 saturated carbocycles. The van der Waals surface area contributed by atoms with Crippen molar-refractivity contribution in [2.75, 3.05) is 38.5 Å². The summed E-state index contributed by atoms with van der Waals surface area (Å²) in [6.07, 6.45) is 1.13. The van der Waals surface area contributed by atoms with Gasteiger partial charge in [0.25, 0.3) is 5.91 Å². The van der Waals surface area contributed by atoms with Crippen molar-refractivity contribution in [3.8, 4) is 0 Å². The quantitative estimate of drug-likeness (QED) is 0.339. The molecular formula is C21H28ClF4N3OS. The third-order valence-corrected chi connectivity index (χ3v) is 7.77. The number of nitrogens with zero attached hydrogens (tertiary/aromatic N) is 2. The second-order valence-electron chi connectivity index (χ2n) is 8.26. The van der Waals surface area contributed by atoms with Crippen LogP contribution in [0.2, 0.25) is 5.02 Å². The van der Waals surface area contributed by atoms with Crippen LogP contribution in [0.4, 0.5) is 17.6 Å². The highest BCUT2D eigenvalue weighted by Gasteiger charge is 2.47. The summed E-state index contributed by atoms with van der Waals surface area (Å²) in [6.45, 7) is 5.38. The molecule has 3 rings (SSSR count). The molecule has 1 saturated heterocycles. The van der Waals surface area contributed by atoms with E-state index >= 15 is 0 Å². The minimum atomic E-state index is -2.70. The smallest absolute Gasteiger partial charge is 0.252 e. The SMILES string of the molecule is CCCSN1CCN(C2(CNC(=O)c3cc(F)c(F)cc3Cl)CCC(F)(F)CC2)CC1. The number of amides is 1. The normalized spacial score (nSPS) is 21.7. The lowest BCUT2D eigenvalue weighted by Crippen LogP contribution is -2.62. The van der Waals surface area contributed by atoms with Crippen LogP contribution in [0.25, 0.3) is 0 Å². The maximum Gasteiger partial charge on any atom is 0.252 e. The van der Waals surface area contributed by atoms with E-state index in [1.807, 2.05) is 0 Å². The Kier molecular flexibility index (Phi) is 8.16. The molecule has 4 nitrogen and oxygen atoms in total. The molecule has 1 N–H and O–H groups in total. The summed E-state index contributed by atoms with van der Waals surface area (Å²) in [7, 11) is 0. The fraction of sp³-hybridized carbons (Fsp3) is 0.667. The lowest BCUT2D eigenvalue weighted by molar-refractivity contribution is -0.0854. The van der Waals surface area contributed by atoms with E-state index in [1.54, 1.807) is 11.9 Å². The molecule has 1 heterocycles. The Morgan fingerprint density at radius 3 is 2.32 bits per heavy atom. The van der Waals surface area contributed by atoms with Gasteiger partial charge in [-0.3, -0.25) is 9.69 Å². The number of carbonyl (C=O) groups excluding carboxylic acids is 1. The van der Waals surface area contributed by atoms with Crippen molar-refractivity contribution < 1.29 is 22.4 Å². The maximum atomic E-state index is 13.9. The first-order chi connectivity index (χ1) is 14.7. The first-order valence-corrected chi connectivity index (χ1v) is 11.9. The van der Waals surface area contributed by atoms with Crippen LogP contribution in [-0.2, 0) is 0 Å². The van der Waals surface area contributed by atoms with Crippen molar-refractivity contribution in [1.82, 2.24) is 14.5 Å². The zero-order valence-electron chi connectivity index (χ0n) is 17.5. The number of hydrogen-bond donors (Lipinski definition) is 1. The van der Waals surface area contributed by atoms with E-state index in [1.165, 1.54) is 0 Å². The molecule has 0 atom stereocenters. The van der Waals surface area contributed by atoms with Gasteiger partial charge in [-0.2, -0.15) is 0 Å². The Morgan fingerprint density at radius 1 is 1.10 bits per heavy atom. The molecule has 1 aromatic rings. The van der Waals surface area contributed by atoms with Crippen molar-refractivity contribution in [3.63, 3.8) is 0 Å². The van der Waals surface area contributed by atoms with Crippen molar-refractivity contribution >= 4 is 29.5 Å². The van der Waals surface area contributed by atoms with E-state index in [2.05, 4.69) is 21.4 Å². The molecule has 0 bridgehead atoms. The summed E-state index contributed by atoms with van der Waals surface area (Å²) in [5.74, 6) is -4.59. The second kappa shape index (κ2) is 10.3. The molecule has 1 aliphatic heterocycles. The first kappa shape index (κ1) is 24.6. The molecule has 0 unspecified atom stereocenters. The molecule has 0 spiro atoms. The minimum Gasteiger partial charge on any atom is -0.350 e. The van der Waals surface area contributed by atoms with Gasteiger partial charge in [0.1, 0.15) is 0 Å². The molecular weight excluding hydrogens is 454 g/mol. The van der Waals surface area contributed by atoms with Crippen molar-refractivity contribution in [1.29, 1.82) is 0 Å². The van der Waals surface area contributed by atoms with Crippen LogP contribution in [0.3, 0.4) is 0 Å². The van der Waals surface area contributed by atoms with Crippen LogP contribution in [0, 0.1) is 11.6 Å². The number of alkyl halides is 2. The summed E-state index contributed by atoms with van der Waals surface area (Å²) in [4.78, 5) is 14.8. The highest BCUT2D eigenvalue weighted by molar-refractivity contribution is 7.97. The molecule has 2 fully saturated rings. The van der Waals surface area contributed by atoms with Crippen LogP contribution >= 0.6 is 23.5 Å². The van der Waals surface area contributed by atoms with E-state index in [4.69, 9.17) is 11.6 Å². The van der Waals surface area contributed by atoms with Gasteiger partial charge >= 0.3 is 0 Å². The second-order valence-corrected chi connectivity index (χ2v) is 9.85. The summed E-state index contributed by atoms with van der Waals surface area (Å²) >= 11 is 7.71. The standard InChI is InChI=1S/C21H28ClF4N3OS/c1-2-11-31-29-9-7-28(8-10-29)20(3-5-21(25,26)6-4-20)14-27-19(30)15-12-17(23)18(24)13-16(15)22/h12-13H,2-11,14H2,1H3,(H,27,30). The van der Waals surface area contributed by atoms with Gasteiger partial charge in [0, 0.05) is 56.9 Å². The number of carbonyl (C=O) groups is 1. The number of rotatable bonds is 7. The summed E-state index contributed by atoms with van der Waals surface area (Å²) in [5, 5.41) is 2.56. The van der Waals surface area contributed by atoms with E-state index in [-0.39, 0.29) is 42.8 Å². The number of halogens is 5.